The third kappa shape index (κ3) is 4.89. The van der Waals surface area contributed by atoms with Crippen LogP contribution in [-0.2, 0) is 10.0 Å². The van der Waals surface area contributed by atoms with Gasteiger partial charge in [-0.15, -0.1) is 12.4 Å². The van der Waals surface area contributed by atoms with Gasteiger partial charge in [-0.1, -0.05) is 0 Å². The minimum atomic E-state index is -3.39. The number of unbranched alkanes of at least 4 members (excludes halogenated alkanes) is 1. The quantitative estimate of drug-likeness (QED) is 0.735. The molecular formula is C9H16ClN3O2S. The van der Waals surface area contributed by atoms with E-state index in [2.05, 4.69) is 9.71 Å². The van der Waals surface area contributed by atoms with E-state index in [0.29, 0.717) is 13.1 Å². The Balaban J connectivity index is 0.00000225. The minimum Gasteiger partial charge on any atom is -0.330 e. The fourth-order valence-corrected chi connectivity index (χ4v) is 2.10. The molecule has 0 unspecified atom stereocenters. The summed E-state index contributed by atoms with van der Waals surface area (Å²) in [4.78, 5) is 3.95. The zero-order chi connectivity index (χ0) is 11.1. The minimum absolute atomic E-state index is 0. The van der Waals surface area contributed by atoms with E-state index in [1.807, 2.05) is 0 Å². The summed E-state index contributed by atoms with van der Waals surface area (Å²) in [6, 6.07) is 3.10. The fraction of sp³-hybridized carbons (Fsp3) is 0.444. The van der Waals surface area contributed by atoms with E-state index in [1.165, 1.54) is 18.5 Å². The SMILES string of the molecule is Cl.NCCCCNS(=O)(=O)c1cccnc1. The summed E-state index contributed by atoms with van der Waals surface area (Å²) < 4.78 is 25.7. The highest BCUT2D eigenvalue weighted by Gasteiger charge is 2.12. The Labute approximate surface area is 102 Å². The second-order valence-electron chi connectivity index (χ2n) is 3.08. The normalized spacial score (nSPS) is 10.8. The molecule has 16 heavy (non-hydrogen) atoms. The van der Waals surface area contributed by atoms with Gasteiger partial charge in [0.05, 0.1) is 0 Å². The third-order valence-electron chi connectivity index (χ3n) is 1.87. The van der Waals surface area contributed by atoms with Crippen LogP contribution >= 0.6 is 12.4 Å². The highest BCUT2D eigenvalue weighted by Crippen LogP contribution is 2.04. The molecule has 0 fully saturated rings. The summed E-state index contributed by atoms with van der Waals surface area (Å²) in [5, 5.41) is 0. The Kier molecular flexibility index (Phi) is 7.24. The van der Waals surface area contributed by atoms with Crippen LogP contribution in [0.25, 0.3) is 0 Å². The number of hydrogen-bond donors (Lipinski definition) is 2. The molecule has 7 heteroatoms. The van der Waals surface area contributed by atoms with Crippen molar-refractivity contribution in [1.82, 2.24) is 9.71 Å². The van der Waals surface area contributed by atoms with Gasteiger partial charge in [-0.25, -0.2) is 13.1 Å². The van der Waals surface area contributed by atoms with Crippen LogP contribution in [0, 0.1) is 0 Å². The monoisotopic (exact) mass is 265 g/mol. The summed E-state index contributed by atoms with van der Waals surface area (Å²) in [5.74, 6) is 0. The van der Waals surface area contributed by atoms with Gasteiger partial charge in [0.25, 0.3) is 0 Å². The standard InChI is InChI=1S/C9H15N3O2S.ClH/c10-5-1-2-7-12-15(13,14)9-4-3-6-11-8-9;/h3-4,6,8,12H,1-2,5,7,10H2;1H. The van der Waals surface area contributed by atoms with Crippen molar-refractivity contribution in [3.63, 3.8) is 0 Å². The molecule has 0 bridgehead atoms. The van der Waals surface area contributed by atoms with Crippen LogP contribution < -0.4 is 10.5 Å². The smallest absolute Gasteiger partial charge is 0.242 e. The van der Waals surface area contributed by atoms with Gasteiger partial charge in [-0.2, -0.15) is 0 Å². The highest BCUT2D eigenvalue weighted by atomic mass is 35.5. The number of rotatable bonds is 6. The molecule has 1 aromatic heterocycles. The van der Waals surface area contributed by atoms with Crippen molar-refractivity contribution in [1.29, 1.82) is 0 Å². The number of hydrogen-bond acceptors (Lipinski definition) is 4. The van der Waals surface area contributed by atoms with Crippen molar-refractivity contribution in [2.24, 2.45) is 5.73 Å². The molecule has 5 nitrogen and oxygen atoms in total. The summed E-state index contributed by atoms with van der Waals surface area (Å²) in [7, 11) is -3.39. The first-order valence-electron chi connectivity index (χ1n) is 4.76. The van der Waals surface area contributed by atoms with Crippen LogP contribution in [0.5, 0.6) is 0 Å². The Bertz CT molecular complexity index is 383. The zero-order valence-electron chi connectivity index (χ0n) is 8.80. The summed E-state index contributed by atoms with van der Waals surface area (Å²) >= 11 is 0. The largest absolute Gasteiger partial charge is 0.330 e. The van der Waals surface area contributed by atoms with Crippen LogP contribution in [0.3, 0.4) is 0 Å². The Morgan fingerprint density at radius 1 is 1.38 bits per heavy atom. The van der Waals surface area contributed by atoms with Crippen molar-refractivity contribution in [3.05, 3.63) is 24.5 Å². The van der Waals surface area contributed by atoms with Crippen LogP contribution in [0.2, 0.25) is 0 Å². The second kappa shape index (κ2) is 7.56. The van der Waals surface area contributed by atoms with Gasteiger partial charge in [0.1, 0.15) is 4.90 Å². The van der Waals surface area contributed by atoms with Crippen LogP contribution in [0.1, 0.15) is 12.8 Å². The highest BCUT2D eigenvalue weighted by molar-refractivity contribution is 7.89. The maximum atomic E-state index is 11.6. The van der Waals surface area contributed by atoms with Crippen LogP contribution in [0.4, 0.5) is 0 Å². The van der Waals surface area contributed by atoms with Crippen LogP contribution in [-0.4, -0.2) is 26.5 Å². The molecule has 0 aliphatic heterocycles. The molecular weight excluding hydrogens is 250 g/mol. The Morgan fingerprint density at radius 2 is 2.12 bits per heavy atom. The number of nitrogens with one attached hydrogen (secondary N) is 1. The van der Waals surface area contributed by atoms with E-state index < -0.39 is 10.0 Å². The van der Waals surface area contributed by atoms with E-state index in [0.717, 1.165) is 12.8 Å². The van der Waals surface area contributed by atoms with E-state index in [1.54, 1.807) is 6.07 Å². The molecule has 0 aromatic carbocycles. The molecule has 1 rings (SSSR count). The number of pyridine rings is 1. The molecule has 0 saturated carbocycles. The van der Waals surface area contributed by atoms with Crippen molar-refractivity contribution in [3.8, 4) is 0 Å². The van der Waals surface area contributed by atoms with Gasteiger partial charge in [-0.3, -0.25) is 4.98 Å². The van der Waals surface area contributed by atoms with Crippen molar-refractivity contribution < 1.29 is 8.42 Å². The summed E-state index contributed by atoms with van der Waals surface area (Å²) in [6.45, 7) is 0.989. The Morgan fingerprint density at radius 3 is 2.69 bits per heavy atom. The summed E-state index contributed by atoms with van der Waals surface area (Å²) in [5.41, 5.74) is 5.30. The topological polar surface area (TPSA) is 85.1 Å². The lowest BCUT2D eigenvalue weighted by Gasteiger charge is -2.05. The third-order valence-corrected chi connectivity index (χ3v) is 3.31. The van der Waals surface area contributed by atoms with Gasteiger partial charge in [0, 0.05) is 18.9 Å². The number of aromatic nitrogens is 1. The van der Waals surface area contributed by atoms with Crippen LogP contribution in [0.15, 0.2) is 29.4 Å². The molecule has 0 saturated heterocycles. The maximum absolute atomic E-state index is 11.6. The second-order valence-corrected chi connectivity index (χ2v) is 4.85. The molecule has 1 heterocycles. The first-order chi connectivity index (χ1) is 7.17. The van der Waals surface area contributed by atoms with Crippen molar-refractivity contribution in [2.75, 3.05) is 13.1 Å². The molecule has 0 amide bonds. The average molecular weight is 266 g/mol. The molecule has 3 N–H and O–H groups in total. The van der Waals surface area contributed by atoms with Gasteiger partial charge < -0.3 is 5.73 Å². The number of nitrogens with zero attached hydrogens (tertiary/aromatic N) is 1. The first-order valence-corrected chi connectivity index (χ1v) is 6.25. The van der Waals surface area contributed by atoms with Gasteiger partial charge in [0.15, 0.2) is 0 Å². The molecule has 1 aromatic rings. The van der Waals surface area contributed by atoms with E-state index in [-0.39, 0.29) is 17.3 Å². The number of sulfonamides is 1. The first kappa shape index (κ1) is 15.3. The van der Waals surface area contributed by atoms with Gasteiger partial charge >= 0.3 is 0 Å². The fourth-order valence-electron chi connectivity index (χ4n) is 1.07. The summed E-state index contributed by atoms with van der Waals surface area (Å²) in [6.07, 6.45) is 4.42. The lowest BCUT2D eigenvalue weighted by molar-refractivity contribution is 0.576. The maximum Gasteiger partial charge on any atom is 0.242 e. The average Bonchev–Trinajstić information content (AvgIpc) is 2.26. The zero-order valence-corrected chi connectivity index (χ0v) is 10.4. The van der Waals surface area contributed by atoms with E-state index >= 15 is 0 Å². The number of halogens is 1. The van der Waals surface area contributed by atoms with E-state index in [9.17, 15) is 8.42 Å². The molecule has 0 aliphatic carbocycles. The molecule has 0 aliphatic rings. The molecule has 0 atom stereocenters. The van der Waals surface area contributed by atoms with Gasteiger partial charge in [-0.05, 0) is 31.5 Å². The predicted molar refractivity (Wildman–Crippen MR) is 65.0 cm³/mol. The lowest BCUT2D eigenvalue weighted by Crippen LogP contribution is -2.25. The van der Waals surface area contributed by atoms with Crippen molar-refractivity contribution in [2.45, 2.75) is 17.7 Å². The van der Waals surface area contributed by atoms with E-state index in [4.69, 9.17) is 5.73 Å². The Hall–Kier alpha value is -0.690. The van der Waals surface area contributed by atoms with Gasteiger partial charge in [0.2, 0.25) is 10.0 Å². The van der Waals surface area contributed by atoms with Crippen molar-refractivity contribution >= 4 is 22.4 Å². The predicted octanol–water partition coefficient (Wildman–Crippen LogP) is 0.521. The lowest BCUT2D eigenvalue weighted by atomic mass is 10.3. The molecule has 92 valence electrons. The molecule has 0 radical (unpaired) electrons. The molecule has 0 spiro atoms. The number of nitrogens with two attached hydrogens (primary N) is 1.